The standard InChI is InChI=1S/C22H39N7.HI/c1-4-20-7-5-6-11-28(20)12-10-25-22(23-2)26-18-19-8-9-24-21(17-19)29-15-13-27(3)14-16-29;/h8-9,17,20H,4-7,10-16,18H2,1-3H3,(H2,23,25,26);1H. The van der Waals surface area contributed by atoms with Gasteiger partial charge in [0.05, 0.1) is 0 Å². The van der Waals surface area contributed by atoms with E-state index in [1.54, 1.807) is 0 Å². The Labute approximate surface area is 199 Å². The van der Waals surface area contributed by atoms with E-state index in [2.05, 4.69) is 61.4 Å². The molecule has 0 saturated carbocycles. The van der Waals surface area contributed by atoms with Crippen LogP contribution in [0.4, 0.5) is 5.82 Å². The average Bonchev–Trinajstić information content (AvgIpc) is 2.77. The molecule has 0 aromatic carbocycles. The van der Waals surface area contributed by atoms with Gasteiger partial charge in [0.2, 0.25) is 0 Å². The molecule has 0 spiro atoms. The van der Waals surface area contributed by atoms with Gasteiger partial charge in [0.25, 0.3) is 0 Å². The summed E-state index contributed by atoms with van der Waals surface area (Å²) in [5.74, 6) is 1.95. The molecule has 2 fully saturated rings. The van der Waals surface area contributed by atoms with Crippen molar-refractivity contribution in [2.45, 2.75) is 45.2 Å². The van der Waals surface area contributed by atoms with Gasteiger partial charge in [-0.05, 0) is 50.6 Å². The van der Waals surface area contributed by atoms with Crippen LogP contribution in [0, 0.1) is 0 Å². The second-order valence-electron chi connectivity index (χ2n) is 8.26. The maximum atomic E-state index is 4.58. The third-order valence-electron chi connectivity index (χ3n) is 6.23. The van der Waals surface area contributed by atoms with E-state index >= 15 is 0 Å². The van der Waals surface area contributed by atoms with E-state index in [-0.39, 0.29) is 24.0 Å². The number of piperazine rings is 1. The zero-order chi connectivity index (χ0) is 20.5. The zero-order valence-corrected chi connectivity index (χ0v) is 21.3. The van der Waals surface area contributed by atoms with Crippen LogP contribution in [0.25, 0.3) is 0 Å². The van der Waals surface area contributed by atoms with E-state index in [4.69, 9.17) is 0 Å². The summed E-state index contributed by atoms with van der Waals surface area (Å²) in [7, 11) is 4.02. The van der Waals surface area contributed by atoms with Crippen LogP contribution < -0.4 is 15.5 Å². The minimum absolute atomic E-state index is 0. The van der Waals surface area contributed by atoms with Gasteiger partial charge in [-0.1, -0.05) is 13.3 Å². The number of aromatic nitrogens is 1. The summed E-state index contributed by atoms with van der Waals surface area (Å²) >= 11 is 0. The number of guanidine groups is 1. The fourth-order valence-electron chi connectivity index (χ4n) is 4.32. The van der Waals surface area contributed by atoms with Gasteiger partial charge in [-0.25, -0.2) is 4.98 Å². The second-order valence-corrected chi connectivity index (χ2v) is 8.26. The first-order chi connectivity index (χ1) is 14.2. The molecule has 2 aliphatic heterocycles. The van der Waals surface area contributed by atoms with Crippen LogP contribution in [0.1, 0.15) is 38.2 Å². The van der Waals surface area contributed by atoms with Gasteiger partial charge >= 0.3 is 0 Å². The monoisotopic (exact) mass is 529 g/mol. The van der Waals surface area contributed by atoms with Crippen LogP contribution >= 0.6 is 24.0 Å². The van der Waals surface area contributed by atoms with E-state index in [1.807, 2.05) is 13.2 Å². The predicted molar refractivity (Wildman–Crippen MR) is 137 cm³/mol. The first kappa shape index (κ1) is 25.1. The van der Waals surface area contributed by atoms with E-state index < -0.39 is 0 Å². The van der Waals surface area contributed by atoms with E-state index in [0.717, 1.165) is 63.6 Å². The molecule has 0 aliphatic carbocycles. The van der Waals surface area contributed by atoms with Gasteiger partial charge in [0.1, 0.15) is 5.82 Å². The molecule has 170 valence electrons. The largest absolute Gasteiger partial charge is 0.355 e. The Bertz CT molecular complexity index is 646. The van der Waals surface area contributed by atoms with E-state index in [1.165, 1.54) is 37.8 Å². The number of hydrogen-bond donors (Lipinski definition) is 2. The number of rotatable bonds is 7. The van der Waals surface area contributed by atoms with Crippen molar-refractivity contribution in [1.29, 1.82) is 0 Å². The first-order valence-corrected chi connectivity index (χ1v) is 11.3. The van der Waals surface area contributed by atoms with Gasteiger partial charge < -0.3 is 20.4 Å². The van der Waals surface area contributed by atoms with Crippen molar-refractivity contribution in [3.05, 3.63) is 23.9 Å². The number of likely N-dealkylation sites (N-methyl/N-ethyl adjacent to an activating group) is 1. The van der Waals surface area contributed by atoms with Crippen LogP contribution in [-0.2, 0) is 6.54 Å². The number of nitrogens with zero attached hydrogens (tertiary/aromatic N) is 5. The van der Waals surface area contributed by atoms with Crippen molar-refractivity contribution in [1.82, 2.24) is 25.4 Å². The van der Waals surface area contributed by atoms with Gasteiger partial charge in [-0.15, -0.1) is 24.0 Å². The molecule has 3 rings (SSSR count). The molecule has 0 bridgehead atoms. The summed E-state index contributed by atoms with van der Waals surface area (Å²) in [5, 5.41) is 6.93. The first-order valence-electron chi connectivity index (χ1n) is 11.3. The van der Waals surface area contributed by atoms with E-state index in [9.17, 15) is 0 Å². The van der Waals surface area contributed by atoms with Crippen molar-refractivity contribution in [2.75, 3.05) is 64.8 Å². The molecule has 30 heavy (non-hydrogen) atoms. The summed E-state index contributed by atoms with van der Waals surface area (Å²) in [4.78, 5) is 16.3. The molecule has 0 amide bonds. The van der Waals surface area contributed by atoms with Crippen molar-refractivity contribution in [3.63, 3.8) is 0 Å². The van der Waals surface area contributed by atoms with Gasteiger partial charge in [0.15, 0.2) is 5.96 Å². The average molecular weight is 530 g/mol. The van der Waals surface area contributed by atoms with Crippen LogP contribution in [-0.4, -0.2) is 86.7 Å². The normalized spacial score (nSPS) is 21.2. The van der Waals surface area contributed by atoms with Crippen molar-refractivity contribution >= 4 is 35.8 Å². The number of anilines is 1. The molecule has 1 unspecified atom stereocenters. The fraction of sp³-hybridized carbons (Fsp3) is 0.727. The van der Waals surface area contributed by atoms with E-state index in [0.29, 0.717) is 0 Å². The van der Waals surface area contributed by atoms with Gasteiger partial charge in [0, 0.05) is 65.1 Å². The SMILES string of the molecule is CCC1CCCCN1CCNC(=NC)NCc1ccnc(N2CCN(C)CC2)c1.I. The Morgan fingerprint density at radius 3 is 2.70 bits per heavy atom. The number of piperidine rings is 1. The fourth-order valence-corrected chi connectivity index (χ4v) is 4.32. The Balaban J connectivity index is 0.00000320. The zero-order valence-electron chi connectivity index (χ0n) is 18.9. The lowest BCUT2D eigenvalue weighted by atomic mass is 10.0. The highest BCUT2D eigenvalue weighted by atomic mass is 127. The summed E-state index contributed by atoms with van der Waals surface area (Å²) in [6.45, 7) is 10.6. The van der Waals surface area contributed by atoms with Crippen molar-refractivity contribution < 1.29 is 0 Å². The molecule has 2 saturated heterocycles. The Hall–Kier alpha value is -1.13. The molecule has 1 aromatic rings. The highest BCUT2D eigenvalue weighted by Crippen LogP contribution is 2.18. The highest BCUT2D eigenvalue weighted by Gasteiger charge is 2.20. The molecule has 1 atom stereocenters. The highest BCUT2D eigenvalue weighted by molar-refractivity contribution is 14.0. The minimum atomic E-state index is 0. The van der Waals surface area contributed by atoms with Crippen molar-refractivity contribution in [2.24, 2.45) is 4.99 Å². The third kappa shape index (κ3) is 7.53. The number of hydrogen-bond acceptors (Lipinski definition) is 5. The Morgan fingerprint density at radius 2 is 1.97 bits per heavy atom. The van der Waals surface area contributed by atoms with Crippen LogP contribution in [0.15, 0.2) is 23.3 Å². The minimum Gasteiger partial charge on any atom is -0.355 e. The molecule has 1 aromatic heterocycles. The lowest BCUT2D eigenvalue weighted by Crippen LogP contribution is -2.45. The van der Waals surface area contributed by atoms with Gasteiger partial charge in [-0.3, -0.25) is 9.89 Å². The molecule has 3 heterocycles. The molecular formula is C22H40IN7. The number of aliphatic imine (C=N–C) groups is 1. The Kier molecular flexibility index (Phi) is 11.2. The lowest BCUT2D eigenvalue weighted by molar-refractivity contribution is 0.147. The summed E-state index contributed by atoms with van der Waals surface area (Å²) < 4.78 is 0. The quantitative estimate of drug-likeness (QED) is 0.322. The molecule has 2 aliphatic rings. The number of nitrogens with one attached hydrogen (secondary N) is 2. The smallest absolute Gasteiger partial charge is 0.191 e. The molecule has 8 heteroatoms. The van der Waals surface area contributed by atoms with Crippen molar-refractivity contribution in [3.8, 4) is 0 Å². The number of halogens is 1. The van der Waals surface area contributed by atoms with Crippen LogP contribution in [0.5, 0.6) is 0 Å². The summed E-state index contributed by atoms with van der Waals surface area (Å²) in [5.41, 5.74) is 1.24. The molecule has 7 nitrogen and oxygen atoms in total. The maximum Gasteiger partial charge on any atom is 0.191 e. The van der Waals surface area contributed by atoms with Crippen LogP contribution in [0.3, 0.4) is 0 Å². The van der Waals surface area contributed by atoms with Crippen LogP contribution in [0.2, 0.25) is 0 Å². The topological polar surface area (TPSA) is 59.0 Å². The number of pyridine rings is 1. The molecule has 0 radical (unpaired) electrons. The lowest BCUT2D eigenvalue weighted by Gasteiger charge is -2.35. The molecule has 2 N–H and O–H groups in total. The summed E-state index contributed by atoms with van der Waals surface area (Å²) in [6, 6.07) is 5.04. The molecular weight excluding hydrogens is 489 g/mol. The van der Waals surface area contributed by atoms with Gasteiger partial charge in [-0.2, -0.15) is 0 Å². The predicted octanol–water partition coefficient (Wildman–Crippen LogP) is 2.38. The summed E-state index contributed by atoms with van der Waals surface area (Å²) in [6.07, 6.45) is 7.24. The third-order valence-corrected chi connectivity index (χ3v) is 6.23. The number of likely N-dealkylation sites (tertiary alicyclic amines) is 1. The Morgan fingerprint density at radius 1 is 1.17 bits per heavy atom. The second kappa shape index (κ2) is 13.3. The maximum absolute atomic E-state index is 4.58.